The highest BCUT2D eigenvalue weighted by molar-refractivity contribution is 7.15. The molecule has 6 nitrogen and oxygen atoms in total. The second-order valence-corrected chi connectivity index (χ2v) is 7.03. The lowest BCUT2D eigenvalue weighted by Crippen LogP contribution is -2.35. The van der Waals surface area contributed by atoms with Crippen molar-refractivity contribution in [3.8, 4) is 0 Å². The van der Waals surface area contributed by atoms with E-state index in [2.05, 4.69) is 15.0 Å². The van der Waals surface area contributed by atoms with Crippen molar-refractivity contribution in [3.05, 3.63) is 44.4 Å². The van der Waals surface area contributed by atoms with Gasteiger partial charge in [0.1, 0.15) is 0 Å². The predicted molar refractivity (Wildman–Crippen MR) is 93.0 cm³/mol. The number of amides is 2. The van der Waals surface area contributed by atoms with Crippen LogP contribution in [0.1, 0.15) is 20.9 Å². The van der Waals surface area contributed by atoms with E-state index < -0.39 is 6.09 Å². The fourth-order valence-electron chi connectivity index (χ4n) is 2.39. The number of ether oxygens (including phenoxy) is 1. The normalized spacial score (nSPS) is 13.4. The minimum atomic E-state index is -0.570. The molecule has 1 aliphatic heterocycles. The molecule has 126 valence electrons. The van der Waals surface area contributed by atoms with E-state index in [1.165, 1.54) is 18.4 Å². The number of nitrogens with zero attached hydrogens (tertiary/aromatic N) is 2. The van der Waals surface area contributed by atoms with E-state index in [9.17, 15) is 9.59 Å². The molecule has 9 heteroatoms. The van der Waals surface area contributed by atoms with Crippen molar-refractivity contribution >= 4 is 51.7 Å². The maximum atomic E-state index is 12.7. The van der Waals surface area contributed by atoms with E-state index in [0.717, 1.165) is 10.6 Å². The Morgan fingerprint density at radius 1 is 1.38 bits per heavy atom. The van der Waals surface area contributed by atoms with E-state index >= 15 is 0 Å². The van der Waals surface area contributed by atoms with Crippen LogP contribution in [-0.4, -0.2) is 35.5 Å². The summed E-state index contributed by atoms with van der Waals surface area (Å²) in [4.78, 5) is 30.9. The lowest BCUT2D eigenvalue weighted by atomic mass is 10.1. The van der Waals surface area contributed by atoms with Crippen LogP contribution in [0.25, 0.3) is 0 Å². The molecule has 1 N–H and O–H groups in total. The molecule has 2 aromatic rings. The topological polar surface area (TPSA) is 71.5 Å². The molecule has 1 aliphatic rings. The monoisotopic (exact) mass is 385 g/mol. The van der Waals surface area contributed by atoms with Crippen LogP contribution in [-0.2, 0) is 17.7 Å². The summed E-state index contributed by atoms with van der Waals surface area (Å²) in [5.74, 6) is -0.177. The van der Waals surface area contributed by atoms with Crippen molar-refractivity contribution in [3.63, 3.8) is 0 Å². The molecule has 2 amide bonds. The molecule has 24 heavy (non-hydrogen) atoms. The van der Waals surface area contributed by atoms with E-state index in [0.29, 0.717) is 40.3 Å². The number of thiazole rings is 1. The van der Waals surface area contributed by atoms with Gasteiger partial charge in [-0.1, -0.05) is 34.5 Å². The van der Waals surface area contributed by atoms with Gasteiger partial charge in [-0.2, -0.15) is 0 Å². The predicted octanol–water partition coefficient (Wildman–Crippen LogP) is 3.83. The summed E-state index contributed by atoms with van der Waals surface area (Å²) in [6.45, 7) is 0.938. The van der Waals surface area contributed by atoms with E-state index in [1.807, 2.05) is 0 Å². The third kappa shape index (κ3) is 3.48. The summed E-state index contributed by atoms with van der Waals surface area (Å²) in [6.07, 6.45) is 0.0400. The number of benzene rings is 1. The van der Waals surface area contributed by atoms with Gasteiger partial charge in [-0.25, -0.2) is 9.78 Å². The molecule has 0 bridgehead atoms. The maximum Gasteiger partial charge on any atom is 0.413 e. The molecule has 3 rings (SSSR count). The SMILES string of the molecule is COC(=O)Nc1nc2c(s1)CN(C(=O)c1cc(Cl)ccc1Cl)CC2. The number of anilines is 1. The molecule has 0 radical (unpaired) electrons. The first-order valence-corrected chi connectivity index (χ1v) is 8.63. The van der Waals surface area contributed by atoms with E-state index in [4.69, 9.17) is 23.2 Å². The van der Waals surface area contributed by atoms with Crippen LogP contribution >= 0.6 is 34.5 Å². The number of rotatable bonds is 2. The van der Waals surface area contributed by atoms with Crippen LogP contribution in [0.15, 0.2) is 18.2 Å². The van der Waals surface area contributed by atoms with Crippen molar-refractivity contribution in [1.29, 1.82) is 0 Å². The number of carbonyl (C=O) groups is 2. The van der Waals surface area contributed by atoms with Gasteiger partial charge in [0, 0.05) is 22.9 Å². The fraction of sp³-hybridized carbons (Fsp3) is 0.267. The highest BCUT2D eigenvalue weighted by atomic mass is 35.5. The Hall–Kier alpha value is -1.83. The van der Waals surface area contributed by atoms with Gasteiger partial charge >= 0.3 is 6.09 Å². The Bertz CT molecular complexity index is 809. The van der Waals surface area contributed by atoms with E-state index in [1.54, 1.807) is 23.1 Å². The summed E-state index contributed by atoms with van der Waals surface area (Å²) in [6, 6.07) is 4.82. The van der Waals surface area contributed by atoms with Gasteiger partial charge in [0.05, 0.1) is 29.9 Å². The highest BCUT2D eigenvalue weighted by Crippen LogP contribution is 2.30. The van der Waals surface area contributed by atoms with Crippen LogP contribution in [0.3, 0.4) is 0 Å². The molecule has 2 heterocycles. The first-order valence-electron chi connectivity index (χ1n) is 7.06. The Morgan fingerprint density at radius 2 is 2.17 bits per heavy atom. The summed E-state index contributed by atoms with van der Waals surface area (Å²) in [7, 11) is 1.29. The Labute approximate surface area is 152 Å². The number of methoxy groups -OCH3 is 1. The van der Waals surface area contributed by atoms with Crippen molar-refractivity contribution in [2.45, 2.75) is 13.0 Å². The summed E-state index contributed by atoms with van der Waals surface area (Å²) >= 11 is 13.4. The van der Waals surface area contributed by atoms with Crippen molar-refractivity contribution in [2.75, 3.05) is 19.0 Å². The van der Waals surface area contributed by atoms with Crippen LogP contribution < -0.4 is 5.32 Å². The Balaban J connectivity index is 1.78. The first-order chi connectivity index (χ1) is 11.5. The van der Waals surface area contributed by atoms with Crippen LogP contribution in [0.2, 0.25) is 10.0 Å². The zero-order valence-electron chi connectivity index (χ0n) is 12.6. The van der Waals surface area contributed by atoms with Gasteiger partial charge in [-0.3, -0.25) is 10.1 Å². The number of fused-ring (bicyclic) bond motifs is 1. The van der Waals surface area contributed by atoms with Gasteiger partial charge in [0.2, 0.25) is 0 Å². The van der Waals surface area contributed by atoms with Crippen LogP contribution in [0.5, 0.6) is 0 Å². The molecule has 0 saturated heterocycles. The summed E-state index contributed by atoms with van der Waals surface area (Å²) < 4.78 is 4.55. The molecule has 0 unspecified atom stereocenters. The van der Waals surface area contributed by atoms with Gasteiger partial charge in [0.25, 0.3) is 5.91 Å². The van der Waals surface area contributed by atoms with E-state index in [-0.39, 0.29) is 5.91 Å². The number of carbonyl (C=O) groups excluding carboxylic acids is 2. The number of hydrogen-bond donors (Lipinski definition) is 1. The van der Waals surface area contributed by atoms with Gasteiger partial charge in [0.15, 0.2) is 5.13 Å². The molecule has 0 spiro atoms. The number of hydrogen-bond acceptors (Lipinski definition) is 5. The molecule has 0 aliphatic carbocycles. The first kappa shape index (κ1) is 17.0. The average Bonchev–Trinajstić information content (AvgIpc) is 2.97. The second kappa shape index (κ2) is 6.96. The Kier molecular flexibility index (Phi) is 4.93. The van der Waals surface area contributed by atoms with Crippen LogP contribution in [0.4, 0.5) is 9.93 Å². The van der Waals surface area contributed by atoms with Crippen LogP contribution in [0, 0.1) is 0 Å². The maximum absolute atomic E-state index is 12.7. The number of aromatic nitrogens is 1. The lowest BCUT2D eigenvalue weighted by Gasteiger charge is -2.26. The zero-order chi connectivity index (χ0) is 17.3. The third-order valence-corrected chi connectivity index (χ3v) is 5.13. The minimum Gasteiger partial charge on any atom is -0.453 e. The van der Waals surface area contributed by atoms with Crippen molar-refractivity contribution < 1.29 is 14.3 Å². The number of halogens is 2. The summed E-state index contributed by atoms with van der Waals surface area (Å²) in [5, 5.41) is 3.83. The quantitative estimate of drug-likeness (QED) is 0.852. The van der Waals surface area contributed by atoms with Gasteiger partial charge in [-0.15, -0.1) is 0 Å². The van der Waals surface area contributed by atoms with Crippen molar-refractivity contribution in [1.82, 2.24) is 9.88 Å². The second-order valence-electron chi connectivity index (χ2n) is 5.11. The molecule has 1 aromatic carbocycles. The molecule has 0 fully saturated rings. The largest absolute Gasteiger partial charge is 0.453 e. The highest BCUT2D eigenvalue weighted by Gasteiger charge is 2.26. The van der Waals surface area contributed by atoms with Gasteiger partial charge < -0.3 is 9.64 Å². The molecule has 0 atom stereocenters. The average molecular weight is 386 g/mol. The van der Waals surface area contributed by atoms with Gasteiger partial charge in [-0.05, 0) is 18.2 Å². The lowest BCUT2D eigenvalue weighted by molar-refractivity contribution is 0.0736. The Morgan fingerprint density at radius 3 is 2.92 bits per heavy atom. The third-order valence-electron chi connectivity index (χ3n) is 3.57. The van der Waals surface area contributed by atoms with Crippen molar-refractivity contribution in [2.24, 2.45) is 0 Å². The fourth-order valence-corrected chi connectivity index (χ4v) is 3.77. The minimum absolute atomic E-state index is 0.177. The molecular weight excluding hydrogens is 373 g/mol. The standard InChI is InChI=1S/C15H13Cl2N3O3S/c1-23-15(22)19-14-18-11-4-5-20(7-12(11)24-14)13(21)9-6-8(16)2-3-10(9)17/h2-3,6H,4-5,7H2,1H3,(H,18,19,22). The zero-order valence-corrected chi connectivity index (χ0v) is 15.0. The molecular formula is C15H13Cl2N3O3S. The molecule has 0 saturated carbocycles. The smallest absolute Gasteiger partial charge is 0.413 e. The summed E-state index contributed by atoms with van der Waals surface area (Å²) in [5.41, 5.74) is 1.26. The number of nitrogens with one attached hydrogen (secondary N) is 1. The molecule has 1 aromatic heterocycles.